The van der Waals surface area contributed by atoms with Crippen LogP contribution in [-0.4, -0.2) is 111 Å². The Labute approximate surface area is 214 Å². The number of benzene rings is 1. The summed E-state index contributed by atoms with van der Waals surface area (Å²) in [5.74, 6) is 1.43. The van der Waals surface area contributed by atoms with Crippen LogP contribution in [0.5, 0.6) is 0 Å². The van der Waals surface area contributed by atoms with Gasteiger partial charge in [-0.15, -0.1) is 0 Å². The highest BCUT2D eigenvalue weighted by molar-refractivity contribution is 5.77. The highest BCUT2D eigenvalue weighted by Crippen LogP contribution is 2.42. The number of anilines is 1. The van der Waals surface area contributed by atoms with Gasteiger partial charge in [0.15, 0.2) is 0 Å². The van der Waals surface area contributed by atoms with E-state index in [4.69, 9.17) is 4.98 Å². The molecule has 3 aliphatic rings. The number of hydrogen-bond acceptors (Lipinski definition) is 6. The number of hydrogen-bond donors (Lipinski definition) is 0. The number of carbonyl (C=O) groups excluding carboxylic acids is 1. The minimum Gasteiger partial charge on any atom is -0.354 e. The zero-order valence-electron chi connectivity index (χ0n) is 22.0. The van der Waals surface area contributed by atoms with Gasteiger partial charge in [-0.3, -0.25) is 14.6 Å². The van der Waals surface area contributed by atoms with E-state index in [1.54, 1.807) is 25.1 Å². The Balaban J connectivity index is 1.25. The lowest BCUT2D eigenvalue weighted by Gasteiger charge is -2.35. The predicted octanol–water partition coefficient (Wildman–Crippen LogP) is 2.45. The first-order valence-electron chi connectivity index (χ1n) is 13.1. The van der Waals surface area contributed by atoms with Crippen LogP contribution in [0.25, 0.3) is 0 Å². The molecule has 3 heterocycles. The highest BCUT2D eigenvalue weighted by atomic mass is 19.1. The minimum atomic E-state index is -0.0583. The molecule has 36 heavy (non-hydrogen) atoms. The SMILES string of the molecule is CN(C)C(=O)CN1CCN(c2ccc([C@@H]3CN(C4CCc5cccc(F)c54)C[C@H]3N(C)C)cn2)CC1. The molecule has 0 bridgehead atoms. The van der Waals surface area contributed by atoms with E-state index in [-0.39, 0.29) is 17.8 Å². The fourth-order valence-corrected chi connectivity index (χ4v) is 6.17. The number of fused-ring (bicyclic) bond motifs is 1. The molecule has 5 rings (SSSR count). The number of carbonyl (C=O) groups is 1. The smallest absolute Gasteiger partial charge is 0.236 e. The number of pyridine rings is 1. The number of likely N-dealkylation sites (N-methyl/N-ethyl adjacent to an activating group) is 2. The fourth-order valence-electron chi connectivity index (χ4n) is 6.17. The average molecular weight is 495 g/mol. The number of aryl methyl sites for hydroxylation is 1. The second-order valence-electron chi connectivity index (χ2n) is 11.0. The molecular weight excluding hydrogens is 455 g/mol. The van der Waals surface area contributed by atoms with Crippen LogP contribution in [0.3, 0.4) is 0 Å². The summed E-state index contributed by atoms with van der Waals surface area (Å²) in [4.78, 5) is 27.9. The van der Waals surface area contributed by atoms with Crippen molar-refractivity contribution < 1.29 is 9.18 Å². The van der Waals surface area contributed by atoms with Crippen molar-refractivity contribution in [2.75, 3.05) is 78.9 Å². The number of aromatic nitrogens is 1. The first-order valence-corrected chi connectivity index (χ1v) is 13.1. The fraction of sp³-hybridized carbons (Fsp3) is 0.571. The lowest BCUT2D eigenvalue weighted by Crippen LogP contribution is -2.49. The van der Waals surface area contributed by atoms with Crippen LogP contribution in [0, 0.1) is 5.82 Å². The number of halogens is 1. The Morgan fingerprint density at radius 3 is 2.50 bits per heavy atom. The highest BCUT2D eigenvalue weighted by Gasteiger charge is 2.41. The van der Waals surface area contributed by atoms with Gasteiger partial charge in [0, 0.05) is 83.1 Å². The lowest BCUT2D eigenvalue weighted by molar-refractivity contribution is -0.129. The van der Waals surface area contributed by atoms with E-state index < -0.39 is 0 Å². The Bertz CT molecular complexity index is 1070. The van der Waals surface area contributed by atoms with E-state index in [9.17, 15) is 9.18 Å². The van der Waals surface area contributed by atoms with Gasteiger partial charge >= 0.3 is 0 Å². The van der Waals surface area contributed by atoms with Gasteiger partial charge in [0.25, 0.3) is 0 Å². The second-order valence-corrected chi connectivity index (χ2v) is 11.0. The Morgan fingerprint density at radius 2 is 1.83 bits per heavy atom. The molecule has 8 heteroatoms. The molecule has 3 atom stereocenters. The first kappa shape index (κ1) is 25.1. The third-order valence-electron chi connectivity index (χ3n) is 8.34. The van der Waals surface area contributed by atoms with Crippen molar-refractivity contribution in [3.05, 3.63) is 59.0 Å². The van der Waals surface area contributed by atoms with Crippen molar-refractivity contribution in [1.29, 1.82) is 0 Å². The van der Waals surface area contributed by atoms with Crippen molar-refractivity contribution in [3.8, 4) is 0 Å². The van der Waals surface area contributed by atoms with E-state index in [1.807, 2.05) is 12.3 Å². The summed E-state index contributed by atoms with van der Waals surface area (Å²) in [5.41, 5.74) is 3.33. The molecule has 1 aromatic carbocycles. The zero-order valence-corrected chi connectivity index (χ0v) is 22.0. The molecule has 0 radical (unpaired) electrons. The summed E-state index contributed by atoms with van der Waals surface area (Å²) in [5, 5.41) is 0. The molecule has 0 spiro atoms. The summed E-state index contributed by atoms with van der Waals surface area (Å²) < 4.78 is 14.7. The third-order valence-corrected chi connectivity index (χ3v) is 8.34. The maximum Gasteiger partial charge on any atom is 0.236 e. The molecule has 0 N–H and O–H groups in total. The van der Waals surface area contributed by atoms with E-state index in [0.29, 0.717) is 18.5 Å². The van der Waals surface area contributed by atoms with Gasteiger partial charge < -0.3 is 14.7 Å². The Morgan fingerprint density at radius 1 is 1.06 bits per heavy atom. The summed E-state index contributed by atoms with van der Waals surface area (Å²) in [7, 11) is 7.90. The maximum atomic E-state index is 14.7. The lowest BCUT2D eigenvalue weighted by atomic mass is 9.95. The number of likely N-dealkylation sites (tertiary alicyclic amines) is 1. The van der Waals surface area contributed by atoms with Crippen LogP contribution in [-0.2, 0) is 11.2 Å². The summed E-state index contributed by atoms with van der Waals surface area (Å²) >= 11 is 0. The molecule has 2 aliphatic heterocycles. The molecule has 0 saturated carbocycles. The van der Waals surface area contributed by atoms with Crippen molar-refractivity contribution in [1.82, 2.24) is 24.6 Å². The van der Waals surface area contributed by atoms with Crippen molar-refractivity contribution in [2.24, 2.45) is 0 Å². The molecule has 2 saturated heterocycles. The van der Waals surface area contributed by atoms with Gasteiger partial charge in [-0.2, -0.15) is 0 Å². The Kier molecular flexibility index (Phi) is 7.28. The number of amides is 1. The van der Waals surface area contributed by atoms with E-state index >= 15 is 0 Å². The largest absolute Gasteiger partial charge is 0.354 e. The standard InChI is InChI=1S/C28H39FN6O/c1-31(2)25-18-35(24-10-8-20-6-5-7-23(29)28(20)24)17-22(25)21-9-11-26(30-16-21)34-14-12-33(13-15-34)19-27(36)32(3)4/h5-7,9,11,16,22,24-25H,8,10,12-15,17-19H2,1-4H3/t22-,24?,25+/m0/s1. The maximum absolute atomic E-state index is 14.7. The number of rotatable bonds is 6. The molecule has 7 nitrogen and oxygen atoms in total. The molecule has 1 aromatic heterocycles. The summed E-state index contributed by atoms with van der Waals surface area (Å²) in [6.07, 6.45) is 4.00. The molecule has 2 fully saturated rings. The van der Waals surface area contributed by atoms with E-state index in [2.05, 4.69) is 51.9 Å². The van der Waals surface area contributed by atoms with Crippen molar-refractivity contribution >= 4 is 11.7 Å². The second kappa shape index (κ2) is 10.4. The van der Waals surface area contributed by atoms with Gasteiger partial charge in [0.1, 0.15) is 11.6 Å². The van der Waals surface area contributed by atoms with Gasteiger partial charge in [-0.05, 0) is 50.2 Å². The molecule has 1 aliphatic carbocycles. The quantitative estimate of drug-likeness (QED) is 0.615. The van der Waals surface area contributed by atoms with Gasteiger partial charge in [-0.25, -0.2) is 9.37 Å². The van der Waals surface area contributed by atoms with Crippen molar-refractivity contribution in [2.45, 2.75) is 30.8 Å². The summed E-state index contributed by atoms with van der Waals surface area (Å²) in [6, 6.07) is 10.4. The zero-order chi connectivity index (χ0) is 25.4. The normalized spacial score (nSPS) is 24.9. The molecule has 1 unspecified atom stereocenters. The third kappa shape index (κ3) is 4.99. The minimum absolute atomic E-state index is 0.0583. The topological polar surface area (TPSA) is 46.2 Å². The molecule has 1 amide bonds. The number of nitrogens with zero attached hydrogens (tertiary/aromatic N) is 6. The van der Waals surface area contributed by atoms with Crippen LogP contribution in [0.1, 0.15) is 35.1 Å². The molecule has 2 aromatic rings. The molecule has 194 valence electrons. The van der Waals surface area contributed by atoms with E-state index in [1.165, 1.54) is 11.1 Å². The van der Waals surface area contributed by atoms with Crippen LogP contribution in [0.2, 0.25) is 0 Å². The van der Waals surface area contributed by atoms with Crippen LogP contribution in [0.15, 0.2) is 36.5 Å². The Hall–Kier alpha value is -2.55. The monoisotopic (exact) mass is 494 g/mol. The summed E-state index contributed by atoms with van der Waals surface area (Å²) in [6.45, 7) is 5.80. The van der Waals surface area contributed by atoms with Gasteiger partial charge in [0.05, 0.1) is 6.54 Å². The first-order chi connectivity index (χ1) is 17.3. The van der Waals surface area contributed by atoms with Gasteiger partial charge in [0.2, 0.25) is 5.91 Å². The van der Waals surface area contributed by atoms with Crippen LogP contribution >= 0.6 is 0 Å². The van der Waals surface area contributed by atoms with Gasteiger partial charge in [-0.1, -0.05) is 18.2 Å². The van der Waals surface area contributed by atoms with Crippen LogP contribution in [0.4, 0.5) is 10.2 Å². The van der Waals surface area contributed by atoms with Crippen LogP contribution < -0.4 is 4.90 Å². The van der Waals surface area contributed by atoms with E-state index in [0.717, 1.165) is 63.5 Å². The average Bonchev–Trinajstić information content (AvgIpc) is 3.50. The number of piperazine rings is 1. The molecular formula is C28H39FN6O. The predicted molar refractivity (Wildman–Crippen MR) is 141 cm³/mol. The van der Waals surface area contributed by atoms with Crippen molar-refractivity contribution in [3.63, 3.8) is 0 Å².